The van der Waals surface area contributed by atoms with E-state index in [1.165, 1.54) is 11.8 Å². The van der Waals surface area contributed by atoms with E-state index in [4.69, 9.17) is 14.5 Å². The van der Waals surface area contributed by atoms with Crippen LogP contribution in [0.25, 0.3) is 6.08 Å². The van der Waals surface area contributed by atoms with Crippen molar-refractivity contribution >= 4 is 60.8 Å². The highest BCUT2D eigenvalue weighted by molar-refractivity contribution is 9.10. The largest absolute Gasteiger partial charge is 0.490 e. The zero-order valence-electron chi connectivity index (χ0n) is 22.4. The Hall–Kier alpha value is -3.33. The first kappa shape index (κ1) is 29.2. The summed E-state index contributed by atoms with van der Waals surface area (Å²) in [6, 6.07) is 31.8. The maximum absolute atomic E-state index is 13.7. The Kier molecular flexibility index (Phi) is 9.98. The minimum atomic E-state index is -0.0777. The van der Waals surface area contributed by atoms with Gasteiger partial charge in [-0.3, -0.25) is 14.7 Å². The molecule has 0 bridgehead atoms. The van der Waals surface area contributed by atoms with Gasteiger partial charge in [-0.25, -0.2) is 0 Å². The van der Waals surface area contributed by atoms with E-state index in [1.54, 1.807) is 4.90 Å². The van der Waals surface area contributed by atoms with Crippen molar-refractivity contribution in [2.24, 2.45) is 4.99 Å². The molecule has 0 aromatic heterocycles. The summed E-state index contributed by atoms with van der Waals surface area (Å²) in [7, 11) is 0. The van der Waals surface area contributed by atoms with Gasteiger partial charge in [-0.2, -0.15) is 0 Å². The topological polar surface area (TPSA) is 51.1 Å². The first-order valence-electron chi connectivity index (χ1n) is 13.2. The van der Waals surface area contributed by atoms with Gasteiger partial charge in [0.15, 0.2) is 16.7 Å². The van der Waals surface area contributed by atoms with Crippen molar-refractivity contribution in [1.29, 1.82) is 0 Å². The van der Waals surface area contributed by atoms with Gasteiger partial charge in [-0.1, -0.05) is 105 Å². The van der Waals surface area contributed by atoms with E-state index in [0.717, 1.165) is 31.2 Å². The number of amides is 1. The first-order chi connectivity index (χ1) is 20.0. The Morgan fingerprint density at radius 2 is 1.49 bits per heavy atom. The number of carbonyl (C=O) groups excluding carboxylic acids is 1. The number of hydrogen-bond donors (Lipinski definition) is 0. The van der Waals surface area contributed by atoms with E-state index in [0.29, 0.717) is 47.9 Å². The second kappa shape index (κ2) is 14.0. The SMILES string of the molecule is CCOc1cc(/C=C2\SC(=NCc3ccccc3)N(Cc3ccccc3)C2=O)c(Br)cc1OCc1ccc(Br)cc1. The van der Waals surface area contributed by atoms with Gasteiger partial charge in [0.1, 0.15) is 6.61 Å². The van der Waals surface area contributed by atoms with Gasteiger partial charge in [0.2, 0.25) is 0 Å². The van der Waals surface area contributed by atoms with Gasteiger partial charge in [0, 0.05) is 8.95 Å². The number of ether oxygens (including phenoxy) is 2. The van der Waals surface area contributed by atoms with E-state index in [9.17, 15) is 4.79 Å². The summed E-state index contributed by atoms with van der Waals surface area (Å²) >= 11 is 8.55. The van der Waals surface area contributed by atoms with E-state index in [2.05, 4.69) is 31.9 Å². The summed E-state index contributed by atoms with van der Waals surface area (Å²) in [4.78, 5) is 20.9. The first-order valence-corrected chi connectivity index (χ1v) is 15.6. The van der Waals surface area contributed by atoms with Crippen LogP contribution in [0.1, 0.15) is 29.2 Å². The second-order valence-electron chi connectivity index (χ2n) is 9.24. The smallest absolute Gasteiger partial charge is 0.267 e. The van der Waals surface area contributed by atoms with Crippen LogP contribution in [0, 0.1) is 0 Å². The summed E-state index contributed by atoms with van der Waals surface area (Å²) in [5, 5.41) is 0.685. The fourth-order valence-corrected chi connectivity index (χ4v) is 5.87. The summed E-state index contributed by atoms with van der Waals surface area (Å²) in [5.74, 6) is 1.17. The van der Waals surface area contributed by atoms with Gasteiger partial charge < -0.3 is 9.47 Å². The lowest BCUT2D eigenvalue weighted by Gasteiger charge is -2.16. The third-order valence-corrected chi connectivity index (χ3v) is 8.53. The molecule has 0 atom stereocenters. The molecule has 4 aromatic carbocycles. The zero-order chi connectivity index (χ0) is 28.6. The number of amidine groups is 1. The van der Waals surface area contributed by atoms with Crippen molar-refractivity contribution in [3.8, 4) is 11.5 Å². The molecular weight excluding hydrogens is 664 g/mol. The number of benzene rings is 4. The maximum atomic E-state index is 13.7. The average Bonchev–Trinajstić information content (AvgIpc) is 3.28. The van der Waals surface area contributed by atoms with Crippen LogP contribution in [0.3, 0.4) is 0 Å². The van der Waals surface area contributed by atoms with Crippen molar-refractivity contribution < 1.29 is 14.3 Å². The van der Waals surface area contributed by atoms with E-state index in [-0.39, 0.29) is 5.91 Å². The lowest BCUT2D eigenvalue weighted by atomic mass is 10.1. The van der Waals surface area contributed by atoms with Crippen LogP contribution in [0.4, 0.5) is 0 Å². The van der Waals surface area contributed by atoms with Crippen molar-refractivity contribution in [3.63, 3.8) is 0 Å². The highest BCUT2D eigenvalue weighted by Crippen LogP contribution is 2.39. The molecule has 0 radical (unpaired) electrons. The fourth-order valence-electron chi connectivity index (χ4n) is 4.20. The van der Waals surface area contributed by atoms with Crippen LogP contribution >= 0.6 is 43.6 Å². The molecule has 41 heavy (non-hydrogen) atoms. The molecule has 0 saturated carbocycles. The second-order valence-corrected chi connectivity index (χ2v) is 12.0. The van der Waals surface area contributed by atoms with Crippen molar-refractivity contribution in [2.45, 2.75) is 26.6 Å². The third kappa shape index (κ3) is 7.70. The third-order valence-electron chi connectivity index (χ3n) is 6.27. The number of thioether (sulfide) groups is 1. The minimum absolute atomic E-state index is 0.0777. The van der Waals surface area contributed by atoms with Crippen LogP contribution in [0.2, 0.25) is 0 Å². The van der Waals surface area contributed by atoms with E-state index in [1.807, 2.05) is 110 Å². The Balaban J connectivity index is 1.42. The lowest BCUT2D eigenvalue weighted by molar-refractivity contribution is -0.122. The van der Waals surface area contributed by atoms with Crippen LogP contribution in [-0.2, 0) is 24.5 Å². The number of nitrogens with zero attached hydrogens (tertiary/aromatic N) is 2. The number of halogens is 2. The summed E-state index contributed by atoms with van der Waals surface area (Å²) in [5.41, 5.74) is 4.01. The highest BCUT2D eigenvalue weighted by Gasteiger charge is 2.33. The molecule has 1 heterocycles. The molecule has 8 heteroatoms. The number of carbonyl (C=O) groups is 1. The van der Waals surface area contributed by atoms with Crippen molar-refractivity contribution in [1.82, 2.24) is 4.90 Å². The predicted octanol–water partition coefficient (Wildman–Crippen LogP) is 8.86. The zero-order valence-corrected chi connectivity index (χ0v) is 26.4. The quantitative estimate of drug-likeness (QED) is 0.156. The minimum Gasteiger partial charge on any atom is -0.490 e. The monoisotopic (exact) mass is 690 g/mol. The van der Waals surface area contributed by atoms with Gasteiger partial charge in [-0.05, 0) is 71.3 Å². The van der Waals surface area contributed by atoms with Crippen LogP contribution < -0.4 is 9.47 Å². The number of hydrogen-bond acceptors (Lipinski definition) is 5. The number of rotatable bonds is 10. The van der Waals surface area contributed by atoms with Gasteiger partial charge >= 0.3 is 0 Å². The van der Waals surface area contributed by atoms with Crippen LogP contribution in [0.5, 0.6) is 11.5 Å². The molecular formula is C33H28Br2N2O3S. The Bertz CT molecular complexity index is 1560. The molecule has 1 aliphatic heterocycles. The molecule has 1 aliphatic rings. The summed E-state index contributed by atoms with van der Waals surface area (Å²) in [6.45, 7) is 3.78. The van der Waals surface area contributed by atoms with Gasteiger partial charge in [0.05, 0.1) is 24.6 Å². The number of aliphatic imine (C=N–C) groups is 1. The molecule has 1 amide bonds. The van der Waals surface area contributed by atoms with E-state index < -0.39 is 0 Å². The molecule has 208 valence electrons. The maximum Gasteiger partial charge on any atom is 0.267 e. The molecule has 0 unspecified atom stereocenters. The molecule has 5 nitrogen and oxygen atoms in total. The predicted molar refractivity (Wildman–Crippen MR) is 174 cm³/mol. The molecule has 1 fully saturated rings. The van der Waals surface area contributed by atoms with Crippen LogP contribution in [0.15, 0.2) is 116 Å². The lowest BCUT2D eigenvalue weighted by Crippen LogP contribution is -2.28. The average molecular weight is 692 g/mol. The van der Waals surface area contributed by atoms with Crippen molar-refractivity contribution in [3.05, 3.63) is 133 Å². The van der Waals surface area contributed by atoms with E-state index >= 15 is 0 Å². The van der Waals surface area contributed by atoms with Crippen molar-refractivity contribution in [2.75, 3.05) is 6.61 Å². The van der Waals surface area contributed by atoms with Gasteiger partial charge in [-0.15, -0.1) is 0 Å². The Labute approximate surface area is 261 Å². The normalized spacial score (nSPS) is 15.1. The highest BCUT2D eigenvalue weighted by atomic mass is 79.9. The molecule has 0 N–H and O–H groups in total. The molecule has 4 aromatic rings. The molecule has 5 rings (SSSR count). The van der Waals surface area contributed by atoms with Crippen LogP contribution in [-0.4, -0.2) is 22.6 Å². The molecule has 0 spiro atoms. The summed E-state index contributed by atoms with van der Waals surface area (Å²) < 4.78 is 13.9. The fraction of sp³-hybridized carbons (Fsp3) is 0.152. The summed E-state index contributed by atoms with van der Waals surface area (Å²) in [6.07, 6.45) is 1.89. The molecule has 0 aliphatic carbocycles. The Morgan fingerprint density at radius 1 is 0.829 bits per heavy atom. The van der Waals surface area contributed by atoms with Gasteiger partial charge in [0.25, 0.3) is 5.91 Å². The molecule has 1 saturated heterocycles. The standard InChI is InChI=1S/C33H28Br2N2O3S/c1-2-39-29-17-26(28(35)19-30(29)40-22-25-13-15-27(34)16-14-25)18-31-32(38)37(21-24-11-7-4-8-12-24)33(41-31)36-20-23-9-5-3-6-10-23/h3-19H,2,20-22H2,1H3/b31-18-,36-33?. The Morgan fingerprint density at radius 3 is 2.17 bits per heavy atom.